The Morgan fingerprint density at radius 1 is 1.36 bits per heavy atom. The molecular weight excluding hydrogens is 274 g/mol. The lowest BCUT2D eigenvalue weighted by Crippen LogP contribution is -2.46. The van der Waals surface area contributed by atoms with Gasteiger partial charge in [-0.1, -0.05) is 37.9 Å². The fourth-order valence-corrected chi connectivity index (χ4v) is 3.22. The highest BCUT2D eigenvalue weighted by atomic mass is 16.1. The maximum absolute atomic E-state index is 12.9. The van der Waals surface area contributed by atoms with Crippen LogP contribution in [0.3, 0.4) is 0 Å². The van der Waals surface area contributed by atoms with Crippen LogP contribution in [0.4, 0.5) is 5.95 Å². The van der Waals surface area contributed by atoms with Crippen molar-refractivity contribution < 1.29 is 4.57 Å². The first-order valence-corrected chi connectivity index (χ1v) is 8.15. The zero-order chi connectivity index (χ0) is 15.9. The van der Waals surface area contributed by atoms with E-state index in [1.807, 2.05) is 22.8 Å². The van der Waals surface area contributed by atoms with Gasteiger partial charge in [0.05, 0.1) is 17.8 Å². The average molecular weight is 298 g/mol. The second-order valence-corrected chi connectivity index (χ2v) is 6.45. The van der Waals surface area contributed by atoms with E-state index in [4.69, 9.17) is 4.99 Å². The molecule has 2 aliphatic rings. The van der Waals surface area contributed by atoms with Crippen LogP contribution in [0.2, 0.25) is 0 Å². The minimum atomic E-state index is -0.0382. The van der Waals surface area contributed by atoms with E-state index in [2.05, 4.69) is 38.3 Å². The molecule has 0 aromatic carbocycles. The van der Waals surface area contributed by atoms with Gasteiger partial charge >= 0.3 is 11.5 Å². The summed E-state index contributed by atoms with van der Waals surface area (Å²) in [6.07, 6.45) is 9.88. The second kappa shape index (κ2) is 5.67. The second-order valence-electron chi connectivity index (χ2n) is 6.45. The molecular formula is C18H24N3O+. The molecule has 4 heteroatoms. The Bertz CT molecular complexity index is 751. The van der Waals surface area contributed by atoms with Crippen LogP contribution in [0.5, 0.6) is 0 Å². The van der Waals surface area contributed by atoms with Crippen molar-refractivity contribution in [2.75, 3.05) is 0 Å². The van der Waals surface area contributed by atoms with Crippen molar-refractivity contribution in [3.8, 4) is 0 Å². The lowest BCUT2D eigenvalue weighted by Gasteiger charge is -2.15. The molecule has 1 unspecified atom stereocenters. The zero-order valence-electron chi connectivity index (χ0n) is 13.8. The Morgan fingerprint density at radius 2 is 2.14 bits per heavy atom. The summed E-state index contributed by atoms with van der Waals surface area (Å²) in [6, 6.07) is -0.0382. The normalized spacial score (nSPS) is 18.6. The highest BCUT2D eigenvalue weighted by molar-refractivity contribution is 6.03. The first-order chi connectivity index (χ1) is 10.5. The predicted molar refractivity (Wildman–Crippen MR) is 88.9 cm³/mol. The van der Waals surface area contributed by atoms with Gasteiger partial charge in [-0.2, -0.15) is 4.57 Å². The molecule has 116 valence electrons. The van der Waals surface area contributed by atoms with Crippen molar-refractivity contribution in [2.24, 2.45) is 10.9 Å². The van der Waals surface area contributed by atoms with Gasteiger partial charge < -0.3 is 0 Å². The van der Waals surface area contributed by atoms with E-state index in [-0.39, 0.29) is 11.6 Å². The molecule has 2 heterocycles. The minimum Gasteiger partial charge on any atom is -0.250 e. The Kier molecular flexibility index (Phi) is 3.85. The van der Waals surface area contributed by atoms with Crippen LogP contribution in [0.15, 0.2) is 34.1 Å². The van der Waals surface area contributed by atoms with Gasteiger partial charge in [0.25, 0.3) is 0 Å². The molecule has 0 saturated heterocycles. The summed E-state index contributed by atoms with van der Waals surface area (Å²) in [5.74, 6) is 1.43. The molecule has 1 atom stereocenters. The molecule has 0 N–H and O–H groups in total. The summed E-state index contributed by atoms with van der Waals surface area (Å²) in [7, 11) is 0. The van der Waals surface area contributed by atoms with Gasteiger partial charge in [-0.05, 0) is 37.8 Å². The molecule has 22 heavy (non-hydrogen) atoms. The van der Waals surface area contributed by atoms with Gasteiger partial charge in [-0.3, -0.25) is 4.79 Å². The standard InChI is InChI=1S/C18H24N3O/c1-5-14-13(4)20(11-10-12(2)3)18-19-15-8-6-7-9-16(15)21(18)17(14)22/h6-9,12,16H,5,10-11H2,1-4H3/q+1. The molecule has 3 rings (SSSR count). The SMILES string of the molecule is CCc1c(C)[n+](CCC(C)C)c2n(c1=O)C1C=CC=CC1=N2. The lowest BCUT2D eigenvalue weighted by molar-refractivity contribution is -0.695. The van der Waals surface area contributed by atoms with Crippen LogP contribution in [-0.4, -0.2) is 10.3 Å². The molecule has 4 nitrogen and oxygen atoms in total. The quantitative estimate of drug-likeness (QED) is 0.788. The zero-order valence-corrected chi connectivity index (χ0v) is 13.8. The van der Waals surface area contributed by atoms with Crippen LogP contribution in [-0.2, 0) is 13.0 Å². The maximum Gasteiger partial charge on any atom is 0.402 e. The van der Waals surface area contributed by atoms with Gasteiger partial charge in [-0.15, -0.1) is 0 Å². The van der Waals surface area contributed by atoms with Gasteiger partial charge in [0.15, 0.2) is 11.8 Å². The third-order valence-electron chi connectivity index (χ3n) is 4.54. The highest BCUT2D eigenvalue weighted by Crippen LogP contribution is 2.28. The van der Waals surface area contributed by atoms with Crippen LogP contribution in [0.1, 0.15) is 44.5 Å². The van der Waals surface area contributed by atoms with Gasteiger partial charge in [0.2, 0.25) is 0 Å². The van der Waals surface area contributed by atoms with Crippen LogP contribution >= 0.6 is 0 Å². The largest absolute Gasteiger partial charge is 0.402 e. The van der Waals surface area contributed by atoms with E-state index in [0.29, 0.717) is 5.92 Å². The molecule has 0 saturated carbocycles. The van der Waals surface area contributed by atoms with E-state index >= 15 is 0 Å². The first-order valence-electron chi connectivity index (χ1n) is 8.15. The molecule has 0 fully saturated rings. The molecule has 0 bridgehead atoms. The summed E-state index contributed by atoms with van der Waals surface area (Å²) >= 11 is 0. The van der Waals surface area contributed by atoms with Crippen molar-refractivity contribution in [2.45, 2.75) is 53.1 Å². The predicted octanol–water partition coefficient (Wildman–Crippen LogP) is 2.81. The molecule has 0 spiro atoms. The van der Waals surface area contributed by atoms with Crippen LogP contribution in [0.25, 0.3) is 0 Å². The van der Waals surface area contributed by atoms with E-state index in [9.17, 15) is 4.79 Å². The van der Waals surface area contributed by atoms with Crippen LogP contribution < -0.4 is 10.1 Å². The van der Waals surface area contributed by atoms with Crippen LogP contribution in [0, 0.1) is 12.8 Å². The van der Waals surface area contributed by atoms with Gasteiger partial charge in [-0.25, -0.2) is 4.57 Å². The monoisotopic (exact) mass is 298 g/mol. The fraction of sp³-hybridized carbons (Fsp3) is 0.500. The number of hydrogen-bond acceptors (Lipinski definition) is 2. The van der Waals surface area contributed by atoms with E-state index in [1.165, 1.54) is 0 Å². The minimum absolute atomic E-state index is 0.0382. The molecule has 1 aromatic heterocycles. The Morgan fingerprint density at radius 3 is 2.82 bits per heavy atom. The molecule has 0 radical (unpaired) electrons. The summed E-state index contributed by atoms with van der Waals surface area (Å²) in [4.78, 5) is 17.6. The third-order valence-corrected chi connectivity index (χ3v) is 4.54. The van der Waals surface area contributed by atoms with Crippen molar-refractivity contribution in [1.82, 2.24) is 4.57 Å². The number of aromatic nitrogens is 2. The van der Waals surface area contributed by atoms with Gasteiger partial charge in [0, 0.05) is 0 Å². The summed E-state index contributed by atoms with van der Waals surface area (Å²) in [6.45, 7) is 9.46. The highest BCUT2D eigenvalue weighted by Gasteiger charge is 2.38. The number of hydrogen-bond donors (Lipinski definition) is 0. The Labute approximate surface area is 131 Å². The molecule has 1 aromatic rings. The number of fused-ring (bicyclic) bond motifs is 3. The topological polar surface area (TPSA) is 38.2 Å². The number of nitrogens with zero attached hydrogens (tertiary/aromatic N) is 3. The summed E-state index contributed by atoms with van der Waals surface area (Å²) in [5.41, 5.74) is 3.05. The number of aliphatic imine (C=N–C) groups is 1. The lowest BCUT2D eigenvalue weighted by atomic mass is 10.1. The average Bonchev–Trinajstić information content (AvgIpc) is 2.86. The Balaban J connectivity index is 2.20. The first kappa shape index (κ1) is 14.9. The van der Waals surface area contributed by atoms with Crippen molar-refractivity contribution in [1.29, 1.82) is 0 Å². The van der Waals surface area contributed by atoms with E-state index in [1.54, 1.807) is 0 Å². The smallest absolute Gasteiger partial charge is 0.250 e. The summed E-state index contributed by atoms with van der Waals surface area (Å²) < 4.78 is 4.09. The van der Waals surface area contributed by atoms with Crippen molar-refractivity contribution in [3.63, 3.8) is 0 Å². The van der Waals surface area contributed by atoms with E-state index < -0.39 is 0 Å². The molecule has 0 amide bonds. The summed E-state index contributed by atoms with van der Waals surface area (Å²) in [5, 5.41) is 0. The maximum atomic E-state index is 12.9. The Hall–Kier alpha value is -1.97. The van der Waals surface area contributed by atoms with E-state index in [0.717, 1.165) is 42.3 Å². The van der Waals surface area contributed by atoms with Crippen molar-refractivity contribution >= 4 is 11.7 Å². The van der Waals surface area contributed by atoms with Gasteiger partial charge in [0.1, 0.15) is 0 Å². The molecule has 1 aliphatic heterocycles. The number of rotatable bonds is 4. The molecule has 1 aliphatic carbocycles. The van der Waals surface area contributed by atoms with Crippen molar-refractivity contribution in [3.05, 3.63) is 45.9 Å². The third kappa shape index (κ3) is 2.27. The fourth-order valence-electron chi connectivity index (χ4n) is 3.22. The number of allylic oxidation sites excluding steroid dienone is 4.